The van der Waals surface area contributed by atoms with Crippen LogP contribution in [-0.2, 0) is 24.1 Å². The van der Waals surface area contributed by atoms with E-state index in [0.29, 0.717) is 13.0 Å². The molecule has 2 aromatic heterocycles. The number of unbranched alkanes of at least 4 members (excludes halogenated alkanes) is 2. The number of aromatic nitrogens is 2. The number of hydrogen-bond acceptors (Lipinski definition) is 3. The molecular weight excluding hydrogens is 491 g/mol. The Morgan fingerprint density at radius 3 is 2.78 bits per heavy atom. The number of amides is 1. The van der Waals surface area contributed by atoms with Crippen molar-refractivity contribution in [1.29, 1.82) is 0 Å². The molecule has 0 bridgehead atoms. The summed E-state index contributed by atoms with van der Waals surface area (Å²) in [6.45, 7) is 1.54. The zero-order valence-corrected chi connectivity index (χ0v) is 22.1. The maximum atomic E-state index is 12.3. The first kappa shape index (κ1) is 26.3. The smallest absolute Gasteiger partial charge is 0.220 e. The molecular formula is C29H34Cl2N4O. The topological polar surface area (TPSA) is 69.8 Å². The van der Waals surface area contributed by atoms with Crippen molar-refractivity contribution < 1.29 is 4.79 Å². The Bertz CT molecular complexity index is 1330. The summed E-state index contributed by atoms with van der Waals surface area (Å²) in [7, 11) is 0. The Morgan fingerprint density at radius 2 is 1.86 bits per heavy atom. The average Bonchev–Trinajstić information content (AvgIpc) is 3.29. The number of hydrogen-bond donors (Lipinski definition) is 3. The van der Waals surface area contributed by atoms with E-state index in [0.717, 1.165) is 66.5 Å². The van der Waals surface area contributed by atoms with Gasteiger partial charge in [0.15, 0.2) is 0 Å². The number of carbonyl (C=O) groups is 1. The summed E-state index contributed by atoms with van der Waals surface area (Å²) in [5.74, 6) is 0.138. The third-order valence-corrected chi connectivity index (χ3v) is 7.33. The Labute approximate surface area is 223 Å². The zero-order chi connectivity index (χ0) is 24.0. The minimum Gasteiger partial charge on any atom is -0.384 e. The second-order valence-electron chi connectivity index (χ2n) is 9.45. The third-order valence-electron chi connectivity index (χ3n) is 7.01. The zero-order valence-electron chi connectivity index (χ0n) is 20.5. The average molecular weight is 526 g/mol. The first-order valence-electron chi connectivity index (χ1n) is 12.9. The van der Waals surface area contributed by atoms with Crippen molar-refractivity contribution in [2.45, 2.75) is 57.8 Å². The Balaban J connectivity index is 0.00000304. The van der Waals surface area contributed by atoms with Gasteiger partial charge in [-0.25, -0.2) is 0 Å². The van der Waals surface area contributed by atoms with Crippen LogP contribution >= 0.6 is 24.0 Å². The third kappa shape index (κ3) is 5.96. The van der Waals surface area contributed by atoms with Crippen molar-refractivity contribution in [2.75, 3.05) is 18.4 Å². The van der Waals surface area contributed by atoms with E-state index in [2.05, 4.69) is 33.8 Å². The van der Waals surface area contributed by atoms with E-state index in [1.54, 1.807) is 0 Å². The van der Waals surface area contributed by atoms with Gasteiger partial charge in [-0.3, -0.25) is 9.78 Å². The van der Waals surface area contributed by atoms with Gasteiger partial charge in [-0.2, -0.15) is 0 Å². The van der Waals surface area contributed by atoms with Crippen molar-refractivity contribution in [3.8, 4) is 0 Å². The van der Waals surface area contributed by atoms with Gasteiger partial charge >= 0.3 is 0 Å². The Kier molecular flexibility index (Phi) is 9.11. The van der Waals surface area contributed by atoms with Crippen molar-refractivity contribution in [3.05, 3.63) is 70.5 Å². The molecule has 36 heavy (non-hydrogen) atoms. The summed E-state index contributed by atoms with van der Waals surface area (Å²) >= 11 is 6.58. The number of pyridine rings is 1. The van der Waals surface area contributed by atoms with Crippen molar-refractivity contribution in [1.82, 2.24) is 15.3 Å². The molecule has 5 rings (SSSR count). The largest absolute Gasteiger partial charge is 0.384 e. The Morgan fingerprint density at radius 1 is 1.00 bits per heavy atom. The lowest BCUT2D eigenvalue weighted by Gasteiger charge is -2.22. The molecule has 0 spiro atoms. The molecule has 190 valence electrons. The first-order chi connectivity index (χ1) is 17.2. The van der Waals surface area contributed by atoms with Gasteiger partial charge in [0, 0.05) is 47.7 Å². The van der Waals surface area contributed by atoms with Crippen LogP contribution in [-0.4, -0.2) is 29.0 Å². The number of H-pyrrole nitrogens is 1. The molecule has 1 aliphatic carbocycles. The molecule has 0 fully saturated rings. The molecule has 5 nitrogen and oxygen atoms in total. The van der Waals surface area contributed by atoms with Crippen LogP contribution in [0.3, 0.4) is 0 Å². The Hall–Kier alpha value is -2.76. The molecule has 7 heteroatoms. The molecule has 0 saturated carbocycles. The maximum Gasteiger partial charge on any atom is 0.220 e. The molecule has 0 aliphatic heterocycles. The van der Waals surface area contributed by atoms with Gasteiger partial charge in [0.05, 0.1) is 16.2 Å². The number of fused-ring (bicyclic) bond motifs is 3. The number of anilines is 1. The highest BCUT2D eigenvalue weighted by Gasteiger charge is 2.19. The van der Waals surface area contributed by atoms with Crippen LogP contribution in [0.2, 0.25) is 5.02 Å². The molecule has 0 saturated heterocycles. The monoisotopic (exact) mass is 524 g/mol. The van der Waals surface area contributed by atoms with Gasteiger partial charge in [0.25, 0.3) is 0 Å². The van der Waals surface area contributed by atoms with Crippen LogP contribution in [0.25, 0.3) is 21.8 Å². The van der Waals surface area contributed by atoms with Gasteiger partial charge in [-0.05, 0) is 74.3 Å². The molecule has 2 aromatic carbocycles. The molecule has 0 unspecified atom stereocenters. The number of aryl methyl sites for hydroxylation is 1. The van der Waals surface area contributed by atoms with E-state index in [4.69, 9.17) is 16.6 Å². The van der Waals surface area contributed by atoms with Crippen LogP contribution in [0.1, 0.15) is 55.3 Å². The molecule has 1 amide bonds. The number of benzene rings is 2. The van der Waals surface area contributed by atoms with E-state index < -0.39 is 0 Å². The first-order valence-corrected chi connectivity index (χ1v) is 13.2. The van der Waals surface area contributed by atoms with Crippen molar-refractivity contribution >= 4 is 57.4 Å². The second kappa shape index (κ2) is 12.5. The fourth-order valence-corrected chi connectivity index (χ4v) is 5.46. The summed E-state index contributed by atoms with van der Waals surface area (Å²) in [4.78, 5) is 20.5. The van der Waals surface area contributed by atoms with Crippen LogP contribution in [0, 0.1) is 0 Å². The lowest BCUT2D eigenvalue weighted by atomic mass is 9.92. The number of para-hydroxylation sites is 1. The highest BCUT2D eigenvalue weighted by Crippen LogP contribution is 2.37. The molecule has 0 radical (unpaired) electrons. The van der Waals surface area contributed by atoms with E-state index in [1.807, 2.05) is 30.5 Å². The second-order valence-corrected chi connectivity index (χ2v) is 9.86. The van der Waals surface area contributed by atoms with Crippen LogP contribution in [0.4, 0.5) is 5.69 Å². The van der Waals surface area contributed by atoms with Crippen LogP contribution in [0.5, 0.6) is 0 Å². The normalized spacial score (nSPS) is 12.8. The number of aromatic amines is 1. The van der Waals surface area contributed by atoms with Gasteiger partial charge < -0.3 is 15.6 Å². The van der Waals surface area contributed by atoms with Gasteiger partial charge in [0.1, 0.15) is 0 Å². The minimum absolute atomic E-state index is 0. The van der Waals surface area contributed by atoms with E-state index in [9.17, 15) is 4.79 Å². The molecule has 2 heterocycles. The van der Waals surface area contributed by atoms with E-state index >= 15 is 0 Å². The number of carbonyl (C=O) groups excluding carboxylic acids is 1. The van der Waals surface area contributed by atoms with Crippen molar-refractivity contribution in [3.63, 3.8) is 0 Å². The quantitative estimate of drug-likeness (QED) is 0.195. The molecule has 4 aromatic rings. The minimum atomic E-state index is 0. The van der Waals surface area contributed by atoms with Gasteiger partial charge in [0.2, 0.25) is 5.91 Å². The fraction of sp³-hybridized carbons (Fsp3) is 0.379. The van der Waals surface area contributed by atoms with E-state index in [1.165, 1.54) is 40.7 Å². The van der Waals surface area contributed by atoms with E-state index in [-0.39, 0.29) is 18.3 Å². The summed E-state index contributed by atoms with van der Waals surface area (Å²) < 4.78 is 0. The predicted octanol–water partition coefficient (Wildman–Crippen LogP) is 7.00. The number of nitrogens with zero attached hydrogens (tertiary/aromatic N) is 1. The van der Waals surface area contributed by atoms with Gasteiger partial charge in [-0.15, -0.1) is 12.4 Å². The predicted molar refractivity (Wildman–Crippen MR) is 153 cm³/mol. The molecule has 3 N–H and O–H groups in total. The molecule has 0 atom stereocenters. The summed E-state index contributed by atoms with van der Waals surface area (Å²) in [5.41, 5.74) is 7.10. The highest BCUT2D eigenvalue weighted by molar-refractivity contribution is 6.36. The number of halogens is 2. The van der Waals surface area contributed by atoms with Crippen LogP contribution in [0.15, 0.2) is 48.7 Å². The standard InChI is InChI=1S/C29H33ClN4O.ClH/c30-23-11-8-14-26-28(23)29(22-10-4-6-13-25(22)34-26)32-17-7-1-2-15-27(35)31-18-16-20-19-33-24-12-5-3-9-21(20)24;/h3,5,8-9,11-12,14,19,33H,1-2,4,6-7,10,13,15-18H2,(H,31,35)(H,32,34);1H. The van der Waals surface area contributed by atoms with Crippen molar-refractivity contribution in [2.24, 2.45) is 0 Å². The number of rotatable bonds is 10. The SMILES string of the molecule is Cl.O=C(CCCCCNc1c2c(nc3cccc(Cl)c13)CCCC2)NCCc1c[nH]c2ccccc12. The fourth-order valence-electron chi connectivity index (χ4n) is 5.19. The summed E-state index contributed by atoms with van der Waals surface area (Å²) in [5, 5.41) is 9.79. The number of nitrogens with one attached hydrogen (secondary N) is 3. The highest BCUT2D eigenvalue weighted by atomic mass is 35.5. The maximum absolute atomic E-state index is 12.3. The summed E-state index contributed by atoms with van der Waals surface area (Å²) in [6.07, 6.45) is 10.9. The van der Waals surface area contributed by atoms with Crippen LogP contribution < -0.4 is 10.6 Å². The molecule has 1 aliphatic rings. The lowest BCUT2D eigenvalue weighted by Crippen LogP contribution is -2.25. The summed E-state index contributed by atoms with van der Waals surface area (Å²) in [6, 6.07) is 14.3. The lowest BCUT2D eigenvalue weighted by molar-refractivity contribution is -0.121. The van der Waals surface area contributed by atoms with Gasteiger partial charge in [-0.1, -0.05) is 42.3 Å².